The Hall–Kier alpha value is -2.82. The molecule has 0 atom stereocenters. The van der Waals surface area contributed by atoms with Crippen LogP contribution in [0.5, 0.6) is 11.5 Å². The first kappa shape index (κ1) is 15.7. The number of Topliss-reactive ketones (excluding diaryl/α,β-unsaturated/α-hetero) is 1. The number of hydrogen-bond acceptors (Lipinski definition) is 4. The zero-order chi connectivity index (χ0) is 17.4. The minimum absolute atomic E-state index is 0.00984. The van der Waals surface area contributed by atoms with E-state index in [-0.39, 0.29) is 17.4 Å². The molecule has 128 valence electrons. The lowest BCUT2D eigenvalue weighted by Crippen LogP contribution is -2.52. The Bertz CT molecular complexity index is 823. The molecule has 5 heteroatoms. The number of phenolic OH excluding ortho intramolecular Hbond substituents is 1. The van der Waals surface area contributed by atoms with Gasteiger partial charge in [-0.2, -0.15) is 0 Å². The Morgan fingerprint density at radius 3 is 2.52 bits per heavy atom. The molecule has 2 aromatic rings. The van der Waals surface area contributed by atoms with E-state index < -0.39 is 5.60 Å². The monoisotopic (exact) mass is 337 g/mol. The number of amides is 1. The van der Waals surface area contributed by atoms with Gasteiger partial charge in [-0.15, -0.1) is 0 Å². The second-order valence-electron chi connectivity index (χ2n) is 6.72. The number of phenols is 1. The SMILES string of the molecule is O=C1CC2(CCN(C(=O)c3ccccc3)CC2)Oc2cc(O)ccc21. The Kier molecular flexibility index (Phi) is 3.71. The van der Waals surface area contributed by atoms with Gasteiger partial charge in [0.2, 0.25) is 0 Å². The van der Waals surface area contributed by atoms with Crippen molar-refractivity contribution in [1.82, 2.24) is 4.90 Å². The fourth-order valence-electron chi connectivity index (χ4n) is 3.64. The van der Waals surface area contributed by atoms with Crippen LogP contribution in [0, 0.1) is 0 Å². The molecule has 1 N–H and O–H groups in total. The Morgan fingerprint density at radius 2 is 1.80 bits per heavy atom. The van der Waals surface area contributed by atoms with Crippen LogP contribution in [0.2, 0.25) is 0 Å². The van der Waals surface area contributed by atoms with E-state index in [2.05, 4.69) is 0 Å². The number of hydrogen-bond donors (Lipinski definition) is 1. The number of carbonyl (C=O) groups excluding carboxylic acids is 2. The van der Waals surface area contributed by atoms with Crippen LogP contribution in [0.3, 0.4) is 0 Å². The maximum absolute atomic E-state index is 12.6. The van der Waals surface area contributed by atoms with Crippen LogP contribution >= 0.6 is 0 Å². The quantitative estimate of drug-likeness (QED) is 0.868. The van der Waals surface area contributed by atoms with E-state index in [1.54, 1.807) is 6.07 Å². The Morgan fingerprint density at radius 1 is 1.08 bits per heavy atom. The lowest BCUT2D eigenvalue weighted by Gasteiger charge is -2.44. The van der Waals surface area contributed by atoms with Crippen LogP contribution in [0.15, 0.2) is 48.5 Å². The first-order valence-electron chi connectivity index (χ1n) is 8.46. The van der Waals surface area contributed by atoms with E-state index in [1.807, 2.05) is 35.2 Å². The summed E-state index contributed by atoms with van der Waals surface area (Å²) in [6, 6.07) is 13.8. The molecular formula is C20H19NO4. The zero-order valence-electron chi connectivity index (χ0n) is 13.8. The van der Waals surface area contributed by atoms with Crippen LogP contribution in [0.1, 0.15) is 40.0 Å². The third-order valence-electron chi connectivity index (χ3n) is 5.06. The van der Waals surface area contributed by atoms with Gasteiger partial charge in [-0.25, -0.2) is 0 Å². The molecule has 25 heavy (non-hydrogen) atoms. The van der Waals surface area contributed by atoms with Gasteiger partial charge in [0.15, 0.2) is 5.78 Å². The number of piperidine rings is 1. The van der Waals surface area contributed by atoms with Gasteiger partial charge in [0, 0.05) is 37.6 Å². The average Bonchev–Trinajstić information content (AvgIpc) is 2.62. The van der Waals surface area contributed by atoms with Gasteiger partial charge in [-0.05, 0) is 24.3 Å². The molecule has 1 spiro atoms. The normalized spacial score (nSPS) is 18.6. The summed E-state index contributed by atoms with van der Waals surface area (Å²) in [4.78, 5) is 26.8. The highest BCUT2D eigenvalue weighted by Gasteiger charge is 2.43. The van der Waals surface area contributed by atoms with E-state index in [0.717, 1.165) is 0 Å². The fourth-order valence-corrected chi connectivity index (χ4v) is 3.64. The fraction of sp³-hybridized carbons (Fsp3) is 0.300. The third-order valence-corrected chi connectivity index (χ3v) is 5.06. The topological polar surface area (TPSA) is 66.8 Å². The second-order valence-corrected chi connectivity index (χ2v) is 6.72. The van der Waals surface area contributed by atoms with Crippen molar-refractivity contribution in [2.45, 2.75) is 24.9 Å². The highest BCUT2D eigenvalue weighted by atomic mass is 16.5. The summed E-state index contributed by atoms with van der Waals surface area (Å²) in [5.41, 5.74) is 0.617. The molecular weight excluding hydrogens is 318 g/mol. The molecule has 0 aliphatic carbocycles. The van der Waals surface area contributed by atoms with Crippen molar-refractivity contribution in [3.63, 3.8) is 0 Å². The number of benzene rings is 2. The highest BCUT2D eigenvalue weighted by molar-refractivity contribution is 6.00. The first-order valence-corrected chi connectivity index (χ1v) is 8.46. The van der Waals surface area contributed by atoms with E-state index >= 15 is 0 Å². The zero-order valence-corrected chi connectivity index (χ0v) is 13.8. The van der Waals surface area contributed by atoms with Crippen LogP contribution in [0.4, 0.5) is 0 Å². The molecule has 2 heterocycles. The predicted molar refractivity (Wildman–Crippen MR) is 92.0 cm³/mol. The van der Waals surface area contributed by atoms with Crippen LogP contribution in [0.25, 0.3) is 0 Å². The van der Waals surface area contributed by atoms with E-state index in [9.17, 15) is 14.7 Å². The van der Waals surface area contributed by atoms with Crippen molar-refractivity contribution >= 4 is 11.7 Å². The molecule has 4 rings (SSSR count). The number of ether oxygens (including phenoxy) is 1. The highest BCUT2D eigenvalue weighted by Crippen LogP contribution is 2.40. The summed E-state index contributed by atoms with van der Waals surface area (Å²) in [5, 5.41) is 9.66. The van der Waals surface area contributed by atoms with Gasteiger partial charge in [0.1, 0.15) is 17.1 Å². The molecule has 0 bridgehead atoms. The van der Waals surface area contributed by atoms with Gasteiger partial charge in [-0.1, -0.05) is 18.2 Å². The molecule has 0 unspecified atom stereocenters. The van der Waals surface area contributed by atoms with Gasteiger partial charge in [-0.3, -0.25) is 9.59 Å². The Labute approximate surface area is 145 Å². The molecule has 1 saturated heterocycles. The maximum atomic E-state index is 12.6. The van der Waals surface area contributed by atoms with Crippen LogP contribution in [-0.4, -0.2) is 40.4 Å². The summed E-state index contributed by atoms with van der Waals surface area (Å²) in [7, 11) is 0. The largest absolute Gasteiger partial charge is 0.508 e. The summed E-state index contributed by atoms with van der Waals surface area (Å²) in [6.45, 7) is 1.10. The van der Waals surface area contributed by atoms with Gasteiger partial charge < -0.3 is 14.7 Å². The molecule has 1 fully saturated rings. The smallest absolute Gasteiger partial charge is 0.253 e. The molecule has 2 aromatic carbocycles. The van der Waals surface area contributed by atoms with Crippen molar-refractivity contribution in [2.24, 2.45) is 0 Å². The molecule has 2 aliphatic rings. The number of likely N-dealkylation sites (tertiary alicyclic amines) is 1. The predicted octanol–water partition coefficient (Wildman–Crippen LogP) is 3.03. The maximum Gasteiger partial charge on any atom is 0.253 e. The molecule has 1 amide bonds. The molecule has 0 radical (unpaired) electrons. The second kappa shape index (κ2) is 5.92. The van der Waals surface area contributed by atoms with E-state index in [0.29, 0.717) is 49.2 Å². The summed E-state index contributed by atoms with van der Waals surface area (Å²) >= 11 is 0. The van der Waals surface area contributed by atoms with Gasteiger partial charge in [0.05, 0.1) is 12.0 Å². The number of ketones is 1. The molecule has 0 aromatic heterocycles. The molecule has 5 nitrogen and oxygen atoms in total. The standard InChI is InChI=1S/C20H19NO4/c22-15-6-7-16-17(23)13-20(25-18(16)12-15)8-10-21(11-9-20)19(24)14-4-2-1-3-5-14/h1-7,12,22H,8-11,13H2. The van der Waals surface area contributed by atoms with E-state index in [4.69, 9.17) is 4.74 Å². The summed E-state index contributed by atoms with van der Waals surface area (Å²) < 4.78 is 6.13. The van der Waals surface area contributed by atoms with Crippen LogP contribution in [-0.2, 0) is 0 Å². The van der Waals surface area contributed by atoms with Crippen molar-refractivity contribution in [3.8, 4) is 11.5 Å². The molecule has 2 aliphatic heterocycles. The lowest BCUT2D eigenvalue weighted by molar-refractivity contribution is -0.00579. The van der Waals surface area contributed by atoms with Gasteiger partial charge >= 0.3 is 0 Å². The minimum atomic E-state index is -0.578. The number of carbonyl (C=O) groups is 2. The van der Waals surface area contributed by atoms with Crippen molar-refractivity contribution in [2.75, 3.05) is 13.1 Å². The van der Waals surface area contributed by atoms with E-state index in [1.165, 1.54) is 12.1 Å². The average molecular weight is 337 g/mol. The van der Waals surface area contributed by atoms with Crippen LogP contribution < -0.4 is 4.74 Å². The van der Waals surface area contributed by atoms with Crippen molar-refractivity contribution in [3.05, 3.63) is 59.7 Å². The number of nitrogens with zero attached hydrogens (tertiary/aromatic N) is 1. The number of fused-ring (bicyclic) bond motifs is 1. The number of aromatic hydroxyl groups is 1. The first-order chi connectivity index (χ1) is 12.1. The van der Waals surface area contributed by atoms with Crippen molar-refractivity contribution in [1.29, 1.82) is 0 Å². The van der Waals surface area contributed by atoms with Gasteiger partial charge in [0.25, 0.3) is 5.91 Å². The molecule has 0 saturated carbocycles. The summed E-state index contributed by atoms with van der Waals surface area (Å²) in [6.07, 6.45) is 1.52. The Balaban J connectivity index is 1.50. The third kappa shape index (κ3) is 2.86. The lowest BCUT2D eigenvalue weighted by atomic mass is 9.82. The van der Waals surface area contributed by atoms with Crippen molar-refractivity contribution < 1.29 is 19.4 Å². The number of rotatable bonds is 1. The minimum Gasteiger partial charge on any atom is -0.508 e. The summed E-state index contributed by atoms with van der Waals surface area (Å²) in [5.74, 6) is 0.569.